The third kappa shape index (κ3) is 2.81. The lowest BCUT2D eigenvalue weighted by Gasteiger charge is -2.18. The maximum atomic E-state index is 15.3. The molecule has 28 heavy (non-hydrogen) atoms. The number of nitrogens with zero attached hydrogens (tertiary/aromatic N) is 3. The van der Waals surface area contributed by atoms with Gasteiger partial charge in [0.25, 0.3) is 0 Å². The Morgan fingerprint density at radius 3 is 2.96 bits per heavy atom. The van der Waals surface area contributed by atoms with Crippen molar-refractivity contribution in [2.75, 3.05) is 12.4 Å². The molecule has 0 saturated heterocycles. The minimum Gasteiger partial charge on any atom is -0.377 e. The van der Waals surface area contributed by atoms with E-state index < -0.39 is 11.9 Å². The van der Waals surface area contributed by atoms with Crippen LogP contribution in [0.3, 0.4) is 0 Å². The number of H-pyrrole nitrogens is 1. The van der Waals surface area contributed by atoms with Gasteiger partial charge < -0.3 is 14.5 Å². The fraction of sp³-hybridized carbons (Fsp3) is 0.211. The average Bonchev–Trinajstić information content (AvgIpc) is 3.32. The number of aromatic amines is 1. The summed E-state index contributed by atoms with van der Waals surface area (Å²) in [7, 11) is 1.54. The molecule has 1 atom stereocenters. The van der Waals surface area contributed by atoms with Crippen LogP contribution in [0.5, 0.6) is 0 Å². The number of carbonyl (C=O) groups excluding carboxylic acids is 1. The molecule has 1 amide bonds. The molecule has 3 aromatic heterocycles. The molecule has 144 valence electrons. The number of benzene rings is 1. The molecule has 4 rings (SSSR count). The number of ether oxygens (including phenoxy) is 1. The Bertz CT molecular complexity index is 1180. The van der Waals surface area contributed by atoms with Crippen molar-refractivity contribution in [3.63, 3.8) is 0 Å². The Balaban J connectivity index is 1.95. The Labute approximate surface area is 164 Å². The number of fused-ring (bicyclic) bond motifs is 2. The van der Waals surface area contributed by atoms with E-state index >= 15 is 4.39 Å². The second kappa shape index (κ2) is 7.21. The number of imidazole rings is 1. The van der Waals surface area contributed by atoms with Crippen LogP contribution in [0.15, 0.2) is 30.7 Å². The summed E-state index contributed by atoms with van der Waals surface area (Å²) < 4.78 is 22.4. The van der Waals surface area contributed by atoms with Crippen molar-refractivity contribution in [3.05, 3.63) is 47.1 Å². The lowest BCUT2D eigenvalue weighted by atomic mass is 9.96. The second-order valence-corrected chi connectivity index (χ2v) is 6.66. The molecule has 0 saturated carbocycles. The van der Waals surface area contributed by atoms with E-state index in [2.05, 4.69) is 20.5 Å². The number of aromatic nitrogens is 4. The lowest BCUT2D eigenvalue weighted by Crippen LogP contribution is -2.06. The zero-order valence-corrected chi connectivity index (χ0v) is 15.9. The largest absolute Gasteiger partial charge is 0.377 e. The molecule has 0 aliphatic rings. The minimum atomic E-state index is -0.531. The van der Waals surface area contributed by atoms with Gasteiger partial charge >= 0.3 is 0 Å². The molecule has 9 heteroatoms. The van der Waals surface area contributed by atoms with Crippen LogP contribution in [0, 0.1) is 5.82 Å². The van der Waals surface area contributed by atoms with Gasteiger partial charge in [0.1, 0.15) is 11.5 Å². The molecule has 0 aliphatic carbocycles. The van der Waals surface area contributed by atoms with E-state index in [0.717, 1.165) is 0 Å². The van der Waals surface area contributed by atoms with E-state index in [1.807, 2.05) is 6.92 Å². The molecule has 1 unspecified atom stereocenters. The number of amides is 1. The molecule has 0 spiro atoms. The number of hydrogen-bond donors (Lipinski definition) is 2. The predicted molar refractivity (Wildman–Crippen MR) is 105 cm³/mol. The summed E-state index contributed by atoms with van der Waals surface area (Å²) in [6, 6.07) is 3.57. The Kier molecular flexibility index (Phi) is 4.74. The third-order valence-electron chi connectivity index (χ3n) is 4.75. The molecule has 0 bridgehead atoms. The molecular weight excluding hydrogens is 385 g/mol. The number of halogens is 2. The molecule has 0 fully saturated rings. The van der Waals surface area contributed by atoms with Gasteiger partial charge in [-0.1, -0.05) is 18.5 Å². The van der Waals surface area contributed by atoms with Crippen molar-refractivity contribution in [2.24, 2.45) is 0 Å². The molecule has 1 aromatic carbocycles. The van der Waals surface area contributed by atoms with Gasteiger partial charge in [-0.25, -0.2) is 9.37 Å². The first kappa shape index (κ1) is 18.4. The average molecular weight is 402 g/mol. The van der Waals surface area contributed by atoms with Crippen LogP contribution in [0.4, 0.5) is 10.2 Å². The highest BCUT2D eigenvalue weighted by Crippen LogP contribution is 2.42. The van der Waals surface area contributed by atoms with Crippen LogP contribution in [0.1, 0.15) is 25.0 Å². The van der Waals surface area contributed by atoms with Crippen molar-refractivity contribution in [3.8, 4) is 11.1 Å². The zero-order valence-electron chi connectivity index (χ0n) is 15.2. The van der Waals surface area contributed by atoms with Crippen LogP contribution in [-0.4, -0.2) is 33.1 Å². The highest BCUT2D eigenvalue weighted by atomic mass is 35.5. The van der Waals surface area contributed by atoms with Crippen LogP contribution < -0.4 is 5.32 Å². The van der Waals surface area contributed by atoms with E-state index in [1.54, 1.807) is 35.1 Å². The monoisotopic (exact) mass is 401 g/mol. The fourth-order valence-corrected chi connectivity index (χ4v) is 3.79. The molecule has 0 radical (unpaired) electrons. The molecule has 3 heterocycles. The lowest BCUT2D eigenvalue weighted by molar-refractivity contribution is -0.105. The first-order valence-corrected chi connectivity index (χ1v) is 9.02. The van der Waals surface area contributed by atoms with Gasteiger partial charge in [0.15, 0.2) is 5.82 Å². The molecule has 7 nitrogen and oxygen atoms in total. The van der Waals surface area contributed by atoms with Gasteiger partial charge in [-0.3, -0.25) is 9.89 Å². The number of methoxy groups -OCH3 is 1. The Hall–Kier alpha value is -2.97. The number of carbonyl (C=O) groups is 1. The first-order valence-electron chi connectivity index (χ1n) is 8.65. The summed E-state index contributed by atoms with van der Waals surface area (Å²) in [5.41, 5.74) is 2.77. The van der Waals surface area contributed by atoms with Crippen LogP contribution in [0.25, 0.3) is 27.7 Å². The van der Waals surface area contributed by atoms with Crippen LogP contribution >= 0.6 is 11.6 Å². The van der Waals surface area contributed by atoms with Gasteiger partial charge in [0.2, 0.25) is 6.41 Å². The summed E-state index contributed by atoms with van der Waals surface area (Å²) in [4.78, 5) is 14.9. The van der Waals surface area contributed by atoms with Crippen LogP contribution in [0.2, 0.25) is 5.02 Å². The highest BCUT2D eigenvalue weighted by Gasteiger charge is 2.25. The SMILES string of the molecule is CCC(OC)c1c(F)c(Cl)c(-c2ccc3nc(NC=O)cn3c2)c2cn[nH]c12. The van der Waals surface area contributed by atoms with Crippen molar-refractivity contribution in [1.82, 2.24) is 19.6 Å². The molecular formula is C19H17ClFN5O2. The van der Waals surface area contributed by atoms with Crippen molar-refractivity contribution >= 4 is 40.4 Å². The standard InChI is InChI=1S/C19H17ClFN5O2/c1-3-12(28-2)16-18(21)17(20)15(11-6-23-25-19(11)16)10-4-5-14-24-13(22-9-27)8-26(14)7-10/h4-9,12H,3H2,1-2H3,(H,22,27)(H,23,25). The van der Waals surface area contributed by atoms with Gasteiger partial charge in [-0.15, -0.1) is 0 Å². The summed E-state index contributed by atoms with van der Waals surface area (Å²) >= 11 is 6.48. The second-order valence-electron chi connectivity index (χ2n) is 6.28. The summed E-state index contributed by atoms with van der Waals surface area (Å²) in [6.07, 6.45) is 5.77. The van der Waals surface area contributed by atoms with E-state index in [0.29, 0.717) is 51.9 Å². The van der Waals surface area contributed by atoms with Gasteiger partial charge in [0, 0.05) is 35.4 Å². The van der Waals surface area contributed by atoms with E-state index in [9.17, 15) is 4.79 Å². The molecule has 4 aromatic rings. The Morgan fingerprint density at radius 1 is 1.43 bits per heavy atom. The zero-order chi connectivity index (χ0) is 19.8. The van der Waals surface area contributed by atoms with Crippen molar-refractivity contribution in [2.45, 2.75) is 19.4 Å². The van der Waals surface area contributed by atoms with E-state index in [4.69, 9.17) is 16.3 Å². The van der Waals surface area contributed by atoms with Gasteiger partial charge in [-0.2, -0.15) is 5.10 Å². The smallest absolute Gasteiger partial charge is 0.212 e. The highest BCUT2D eigenvalue weighted by molar-refractivity contribution is 6.35. The molecule has 0 aliphatic heterocycles. The fourth-order valence-electron chi connectivity index (χ4n) is 3.48. The summed E-state index contributed by atoms with van der Waals surface area (Å²) in [5.74, 6) is -0.115. The quantitative estimate of drug-likeness (QED) is 0.471. The first-order chi connectivity index (χ1) is 13.6. The summed E-state index contributed by atoms with van der Waals surface area (Å²) in [5, 5.41) is 10.2. The minimum absolute atomic E-state index is 0.00473. The summed E-state index contributed by atoms with van der Waals surface area (Å²) in [6.45, 7) is 1.91. The van der Waals surface area contributed by atoms with Crippen molar-refractivity contribution in [1.29, 1.82) is 0 Å². The maximum Gasteiger partial charge on any atom is 0.212 e. The van der Waals surface area contributed by atoms with Crippen molar-refractivity contribution < 1.29 is 13.9 Å². The maximum absolute atomic E-state index is 15.3. The van der Waals surface area contributed by atoms with E-state index in [-0.39, 0.29) is 5.02 Å². The topological polar surface area (TPSA) is 84.3 Å². The van der Waals surface area contributed by atoms with Gasteiger partial charge in [-0.05, 0) is 18.6 Å². The number of rotatable bonds is 6. The predicted octanol–water partition coefficient (Wildman–Crippen LogP) is 4.34. The molecule has 2 N–H and O–H groups in total. The number of nitrogens with one attached hydrogen (secondary N) is 2. The Morgan fingerprint density at radius 2 is 2.25 bits per heavy atom. The normalized spacial score (nSPS) is 12.6. The number of hydrogen-bond acceptors (Lipinski definition) is 4. The number of pyridine rings is 1. The van der Waals surface area contributed by atoms with Crippen LogP contribution in [-0.2, 0) is 9.53 Å². The van der Waals surface area contributed by atoms with E-state index in [1.165, 1.54) is 7.11 Å². The third-order valence-corrected chi connectivity index (χ3v) is 5.11. The number of anilines is 1. The van der Waals surface area contributed by atoms with Gasteiger partial charge in [0.05, 0.1) is 29.0 Å².